The molecule has 5 heteroatoms. The molecule has 1 aromatic carbocycles. The van der Waals surface area contributed by atoms with E-state index in [9.17, 15) is 9.90 Å². The molecule has 1 aliphatic rings. The van der Waals surface area contributed by atoms with Crippen LogP contribution in [0.25, 0.3) is 0 Å². The third-order valence-electron chi connectivity index (χ3n) is 4.21. The number of ether oxygens (including phenoxy) is 1. The summed E-state index contributed by atoms with van der Waals surface area (Å²) in [6, 6.07) is 7.51. The fraction of sp³-hybridized carbons (Fsp3) is 0.562. The van der Waals surface area contributed by atoms with Crippen molar-refractivity contribution in [3.05, 3.63) is 24.3 Å². The first kappa shape index (κ1) is 15.6. The van der Waals surface area contributed by atoms with E-state index in [1.165, 1.54) is 26.4 Å². The van der Waals surface area contributed by atoms with Crippen LogP contribution in [-0.2, 0) is 4.74 Å². The summed E-state index contributed by atoms with van der Waals surface area (Å²) in [6.07, 6.45) is 5.29. The van der Waals surface area contributed by atoms with Gasteiger partial charge in [-0.2, -0.15) is 0 Å². The first-order chi connectivity index (χ1) is 10.2. The van der Waals surface area contributed by atoms with Crippen LogP contribution in [0.1, 0.15) is 32.1 Å². The second-order valence-electron chi connectivity index (χ2n) is 5.77. The molecule has 0 heterocycles. The van der Waals surface area contributed by atoms with Gasteiger partial charge in [-0.25, -0.2) is 4.79 Å². The van der Waals surface area contributed by atoms with Gasteiger partial charge in [-0.1, -0.05) is 25.3 Å². The molecule has 5 nitrogen and oxygen atoms in total. The van der Waals surface area contributed by atoms with E-state index in [2.05, 4.69) is 15.4 Å². The minimum absolute atomic E-state index is 0.00989. The molecule has 2 rings (SSSR count). The minimum atomic E-state index is -0.480. The van der Waals surface area contributed by atoms with Crippen molar-refractivity contribution in [1.82, 2.24) is 0 Å². The molecule has 1 aliphatic carbocycles. The van der Waals surface area contributed by atoms with E-state index in [1.807, 2.05) is 24.3 Å². The Labute approximate surface area is 125 Å². The summed E-state index contributed by atoms with van der Waals surface area (Å²) in [5.74, 6) is 0. The van der Waals surface area contributed by atoms with E-state index in [0.29, 0.717) is 5.69 Å². The average molecular weight is 292 g/mol. The summed E-state index contributed by atoms with van der Waals surface area (Å²) >= 11 is 0. The number of benzene rings is 1. The standard InChI is InChI=1S/C16H24N2O3/c1-21-15(20)18-14-7-5-6-13(10-14)17-11-16(12-19)8-3-2-4-9-16/h5-7,10,17,19H,2-4,8-9,11-12H2,1H3,(H,18,20). The molecule has 1 fully saturated rings. The number of hydrogen-bond acceptors (Lipinski definition) is 4. The highest BCUT2D eigenvalue weighted by Gasteiger charge is 2.31. The van der Waals surface area contributed by atoms with Crippen molar-refractivity contribution in [2.24, 2.45) is 5.41 Å². The summed E-state index contributed by atoms with van der Waals surface area (Å²) in [4.78, 5) is 11.2. The lowest BCUT2D eigenvalue weighted by Gasteiger charge is -2.36. The van der Waals surface area contributed by atoms with Gasteiger partial charge in [0.25, 0.3) is 0 Å². The Hall–Kier alpha value is -1.75. The molecular formula is C16H24N2O3. The third kappa shape index (κ3) is 4.36. The fourth-order valence-corrected chi connectivity index (χ4v) is 2.86. The van der Waals surface area contributed by atoms with E-state index in [0.717, 1.165) is 25.1 Å². The highest BCUT2D eigenvalue weighted by atomic mass is 16.5. The molecule has 3 N–H and O–H groups in total. The summed E-state index contributed by atoms with van der Waals surface area (Å²) in [5, 5.41) is 15.7. The maximum atomic E-state index is 11.2. The Morgan fingerprint density at radius 1 is 1.29 bits per heavy atom. The number of aliphatic hydroxyl groups is 1. The molecule has 1 saturated carbocycles. The van der Waals surface area contributed by atoms with Gasteiger partial charge in [0.05, 0.1) is 13.7 Å². The van der Waals surface area contributed by atoms with Crippen molar-refractivity contribution in [3.8, 4) is 0 Å². The normalized spacial score (nSPS) is 17.0. The van der Waals surface area contributed by atoms with Gasteiger partial charge in [0.2, 0.25) is 0 Å². The molecule has 116 valence electrons. The molecule has 1 aromatic rings. The molecular weight excluding hydrogens is 268 g/mol. The van der Waals surface area contributed by atoms with Crippen molar-refractivity contribution in [3.63, 3.8) is 0 Å². The van der Waals surface area contributed by atoms with Gasteiger partial charge in [0, 0.05) is 23.3 Å². The van der Waals surface area contributed by atoms with E-state index < -0.39 is 6.09 Å². The van der Waals surface area contributed by atoms with Crippen LogP contribution < -0.4 is 10.6 Å². The van der Waals surface area contributed by atoms with E-state index in [-0.39, 0.29) is 12.0 Å². The van der Waals surface area contributed by atoms with Gasteiger partial charge < -0.3 is 15.2 Å². The van der Waals surface area contributed by atoms with Crippen LogP contribution in [0.15, 0.2) is 24.3 Å². The quantitative estimate of drug-likeness (QED) is 0.779. The van der Waals surface area contributed by atoms with Crippen LogP contribution in [0.5, 0.6) is 0 Å². The number of methoxy groups -OCH3 is 1. The lowest BCUT2D eigenvalue weighted by molar-refractivity contribution is 0.0944. The number of rotatable bonds is 5. The average Bonchev–Trinajstić information content (AvgIpc) is 2.54. The van der Waals surface area contributed by atoms with Crippen molar-refractivity contribution < 1.29 is 14.6 Å². The van der Waals surface area contributed by atoms with Crippen LogP contribution >= 0.6 is 0 Å². The fourth-order valence-electron chi connectivity index (χ4n) is 2.86. The molecule has 0 bridgehead atoms. The predicted octanol–water partition coefficient (Wildman–Crippen LogP) is 3.22. The van der Waals surface area contributed by atoms with Crippen molar-refractivity contribution in [1.29, 1.82) is 0 Å². The monoisotopic (exact) mass is 292 g/mol. The van der Waals surface area contributed by atoms with Gasteiger partial charge >= 0.3 is 6.09 Å². The van der Waals surface area contributed by atoms with E-state index in [4.69, 9.17) is 0 Å². The Morgan fingerprint density at radius 2 is 2.00 bits per heavy atom. The topological polar surface area (TPSA) is 70.6 Å². The van der Waals surface area contributed by atoms with Crippen molar-refractivity contribution >= 4 is 17.5 Å². The first-order valence-electron chi connectivity index (χ1n) is 7.47. The Balaban J connectivity index is 1.96. The van der Waals surface area contributed by atoms with Crippen LogP contribution in [0.4, 0.5) is 16.2 Å². The Bertz CT molecular complexity index is 470. The molecule has 0 saturated heterocycles. The zero-order chi connectivity index (χ0) is 15.1. The Kier molecular flexibility index (Phi) is 5.44. The summed E-state index contributed by atoms with van der Waals surface area (Å²) in [5.41, 5.74) is 1.61. The molecule has 0 unspecified atom stereocenters. The van der Waals surface area contributed by atoms with Crippen LogP contribution in [0, 0.1) is 5.41 Å². The van der Waals surface area contributed by atoms with Gasteiger partial charge in [-0.15, -0.1) is 0 Å². The summed E-state index contributed by atoms with van der Waals surface area (Å²) in [7, 11) is 1.34. The molecule has 0 radical (unpaired) electrons. The van der Waals surface area contributed by atoms with E-state index >= 15 is 0 Å². The van der Waals surface area contributed by atoms with Crippen LogP contribution in [0.3, 0.4) is 0 Å². The second kappa shape index (κ2) is 7.31. The number of hydrogen-bond donors (Lipinski definition) is 3. The zero-order valence-corrected chi connectivity index (χ0v) is 12.5. The Morgan fingerprint density at radius 3 is 2.67 bits per heavy atom. The lowest BCUT2D eigenvalue weighted by Crippen LogP contribution is -2.35. The third-order valence-corrected chi connectivity index (χ3v) is 4.21. The van der Waals surface area contributed by atoms with Gasteiger partial charge in [-0.05, 0) is 31.0 Å². The number of aliphatic hydroxyl groups excluding tert-OH is 1. The summed E-state index contributed by atoms with van der Waals surface area (Å²) < 4.78 is 4.58. The maximum absolute atomic E-state index is 11.2. The van der Waals surface area contributed by atoms with Crippen molar-refractivity contribution in [2.75, 3.05) is 30.9 Å². The highest BCUT2D eigenvalue weighted by Crippen LogP contribution is 2.36. The largest absolute Gasteiger partial charge is 0.453 e. The van der Waals surface area contributed by atoms with Gasteiger partial charge in [-0.3, -0.25) is 5.32 Å². The number of carbonyl (C=O) groups is 1. The molecule has 21 heavy (non-hydrogen) atoms. The van der Waals surface area contributed by atoms with Crippen LogP contribution in [0.2, 0.25) is 0 Å². The van der Waals surface area contributed by atoms with Crippen LogP contribution in [-0.4, -0.2) is 31.5 Å². The number of carbonyl (C=O) groups excluding carboxylic acids is 1. The lowest BCUT2D eigenvalue weighted by atomic mass is 9.74. The zero-order valence-electron chi connectivity index (χ0n) is 12.5. The molecule has 0 aliphatic heterocycles. The second-order valence-corrected chi connectivity index (χ2v) is 5.77. The highest BCUT2D eigenvalue weighted by molar-refractivity contribution is 5.85. The number of amides is 1. The number of nitrogens with one attached hydrogen (secondary N) is 2. The first-order valence-corrected chi connectivity index (χ1v) is 7.47. The predicted molar refractivity (Wildman–Crippen MR) is 83.6 cm³/mol. The molecule has 0 atom stereocenters. The number of anilines is 2. The molecule has 1 amide bonds. The van der Waals surface area contributed by atoms with Gasteiger partial charge in [0.15, 0.2) is 0 Å². The molecule has 0 aromatic heterocycles. The SMILES string of the molecule is COC(=O)Nc1cccc(NCC2(CO)CCCCC2)c1. The smallest absolute Gasteiger partial charge is 0.411 e. The van der Waals surface area contributed by atoms with Gasteiger partial charge in [0.1, 0.15) is 0 Å². The minimum Gasteiger partial charge on any atom is -0.453 e. The van der Waals surface area contributed by atoms with Crippen molar-refractivity contribution in [2.45, 2.75) is 32.1 Å². The molecule has 0 spiro atoms. The summed E-state index contributed by atoms with van der Waals surface area (Å²) in [6.45, 7) is 0.977. The maximum Gasteiger partial charge on any atom is 0.411 e. The van der Waals surface area contributed by atoms with E-state index in [1.54, 1.807) is 0 Å².